The summed E-state index contributed by atoms with van der Waals surface area (Å²) in [6.45, 7) is 9.19. The normalized spacial score (nSPS) is 12.7. The second-order valence-corrected chi connectivity index (χ2v) is 30.0. The van der Waals surface area contributed by atoms with Crippen LogP contribution in [0.2, 0.25) is 10.6 Å². The van der Waals surface area contributed by atoms with Gasteiger partial charge in [-0.15, -0.1) is 0 Å². The molecule has 22 rings (SSSR count). The molecule has 0 saturated heterocycles. The Morgan fingerprint density at radius 3 is 1.41 bits per heavy atom. The van der Waals surface area contributed by atoms with E-state index >= 15 is 0 Å². The average Bonchev–Trinajstić information content (AvgIpc) is 1.34. The van der Waals surface area contributed by atoms with Crippen molar-refractivity contribution >= 4 is 175 Å². The lowest BCUT2D eigenvalue weighted by Crippen LogP contribution is -2.31. The van der Waals surface area contributed by atoms with E-state index in [0.717, 1.165) is 59.1 Å². The van der Waals surface area contributed by atoms with Crippen molar-refractivity contribution in [2.24, 2.45) is 0 Å². The van der Waals surface area contributed by atoms with Gasteiger partial charge in [-0.25, -0.2) is 59.8 Å². The highest BCUT2D eigenvalue weighted by atomic mass is 127. The second kappa shape index (κ2) is 31.0. The maximum absolute atomic E-state index is 8.58. The van der Waals surface area contributed by atoms with Crippen molar-refractivity contribution < 1.29 is 10.0 Å². The van der Waals surface area contributed by atoms with Gasteiger partial charge in [-0.3, -0.25) is 9.47 Å². The van der Waals surface area contributed by atoms with Gasteiger partial charge in [-0.1, -0.05) is 222 Å². The van der Waals surface area contributed by atoms with E-state index in [-0.39, 0.29) is 21.4 Å². The molecule has 0 fully saturated rings. The van der Waals surface area contributed by atoms with Crippen LogP contribution in [0.3, 0.4) is 0 Å². The van der Waals surface area contributed by atoms with Gasteiger partial charge in [-0.05, 0) is 122 Å². The molecule has 10 aromatic heterocycles. The number of para-hydroxylation sites is 4. The fourth-order valence-electron chi connectivity index (χ4n) is 15.1. The Kier molecular flexibility index (Phi) is 19.8. The zero-order valence-corrected chi connectivity index (χ0v) is 66.0. The molecule has 2 aliphatic heterocycles. The Morgan fingerprint density at radius 2 is 0.810 bits per heavy atom. The van der Waals surface area contributed by atoms with Crippen molar-refractivity contribution in [2.45, 2.75) is 38.5 Å². The van der Waals surface area contributed by atoms with E-state index in [9.17, 15) is 0 Å². The maximum Gasteiger partial charge on any atom is 0.488 e. The van der Waals surface area contributed by atoms with Gasteiger partial charge in [0.2, 0.25) is 22.5 Å². The van der Waals surface area contributed by atoms with Crippen LogP contribution in [0.4, 0.5) is 28.7 Å². The number of nitrogens with one attached hydrogen (secondary N) is 2. The summed E-state index contributed by atoms with van der Waals surface area (Å²) >= 11 is 13.6. The zero-order chi connectivity index (χ0) is 79.2. The van der Waals surface area contributed by atoms with E-state index in [2.05, 4.69) is 229 Å². The molecular weight excluding hydrogens is 1600 g/mol. The van der Waals surface area contributed by atoms with E-state index in [1.807, 2.05) is 120 Å². The smallest absolute Gasteiger partial charge is 0.423 e. The first-order valence-electron chi connectivity index (χ1n) is 37.0. The van der Waals surface area contributed by atoms with Crippen molar-refractivity contribution in [3.8, 4) is 39.7 Å². The molecule has 2 aliphatic rings. The van der Waals surface area contributed by atoms with E-state index < -0.39 is 7.12 Å². The summed E-state index contributed by atoms with van der Waals surface area (Å²) in [5.74, 6) is 1.00. The monoisotopic (exact) mass is 1660 g/mol. The molecule has 0 saturated carbocycles. The van der Waals surface area contributed by atoms with Crippen LogP contribution in [0.1, 0.15) is 49.9 Å². The van der Waals surface area contributed by atoms with Crippen molar-refractivity contribution in [1.82, 2.24) is 89.3 Å². The molecule has 0 atom stereocenters. The number of halogens is 3. The summed E-state index contributed by atoms with van der Waals surface area (Å²) in [7, 11) is -1.34. The molecule has 0 bridgehead atoms. The van der Waals surface area contributed by atoms with Crippen molar-refractivity contribution in [3.05, 3.63) is 329 Å². The highest BCUT2D eigenvalue weighted by molar-refractivity contribution is 14.1. The molecule has 0 unspecified atom stereocenters. The molecule has 12 heterocycles. The average molecular weight is 1670 g/mol. The lowest BCUT2D eigenvalue weighted by atomic mass is 9.73. The van der Waals surface area contributed by atoms with Crippen LogP contribution in [0, 0.1) is 3.70 Å². The fraction of sp³-hybridized carbons (Fsp3) is 0.0667. The third-order valence-corrected chi connectivity index (χ3v) is 21.6. The van der Waals surface area contributed by atoms with Gasteiger partial charge in [0.05, 0.1) is 22.4 Å². The Labute approximate surface area is 687 Å². The summed E-state index contributed by atoms with van der Waals surface area (Å²) in [6, 6.07) is 81.8. The summed E-state index contributed by atoms with van der Waals surface area (Å²) < 4.78 is 2.86. The van der Waals surface area contributed by atoms with Gasteiger partial charge in [-0.2, -0.15) is 19.9 Å². The van der Waals surface area contributed by atoms with Gasteiger partial charge < -0.3 is 20.3 Å². The third kappa shape index (κ3) is 14.0. The second-order valence-electron chi connectivity index (χ2n) is 28.3. The minimum Gasteiger partial charge on any atom is -0.423 e. The predicted octanol–water partition coefficient (Wildman–Crippen LogP) is 19.2. The van der Waals surface area contributed by atoms with Crippen LogP contribution in [0.15, 0.2) is 292 Å². The molecule has 116 heavy (non-hydrogen) atoms. The Hall–Kier alpha value is -13.6. The van der Waals surface area contributed by atoms with Gasteiger partial charge >= 0.3 is 7.12 Å². The lowest BCUT2D eigenvalue weighted by molar-refractivity contribution is 0.426. The van der Waals surface area contributed by atoms with Crippen molar-refractivity contribution in [2.75, 3.05) is 10.2 Å². The van der Waals surface area contributed by atoms with Crippen LogP contribution in [0.25, 0.3) is 128 Å². The number of anilines is 5. The molecular formula is C90H64BCl2IN20O2. The van der Waals surface area contributed by atoms with Crippen LogP contribution in [-0.4, -0.2) is 106 Å². The third-order valence-electron chi connectivity index (χ3n) is 20.6. The van der Waals surface area contributed by atoms with E-state index in [0.29, 0.717) is 79.1 Å². The Morgan fingerprint density at radius 1 is 0.353 bits per heavy atom. The summed E-state index contributed by atoms with van der Waals surface area (Å²) in [4.78, 5) is 77.7. The number of H-pyrrole nitrogens is 1. The zero-order valence-electron chi connectivity index (χ0n) is 62.4. The summed E-state index contributed by atoms with van der Waals surface area (Å²) in [6.07, 6.45) is 13.1. The van der Waals surface area contributed by atoms with E-state index in [1.165, 1.54) is 49.9 Å². The van der Waals surface area contributed by atoms with Crippen LogP contribution >= 0.6 is 45.8 Å². The number of benzene rings is 10. The minimum absolute atomic E-state index is 0.0102. The number of aromatic nitrogens is 18. The van der Waals surface area contributed by atoms with Crippen LogP contribution in [0.5, 0.6) is 0 Å². The highest BCUT2D eigenvalue weighted by Gasteiger charge is 2.40. The predicted molar refractivity (Wildman–Crippen MR) is 468 cm³/mol. The first-order valence-corrected chi connectivity index (χ1v) is 38.8. The number of rotatable bonds is 6. The number of hydrogen-bond donors (Lipinski definition) is 4. The number of nitrogens with zero attached hydrogens (tertiary/aromatic N) is 18. The summed E-state index contributed by atoms with van der Waals surface area (Å²) in [5, 5.41) is 25.9. The SMILES string of the molecule is CC1(C)c2ccccc2N(c2nc(-c3ccccc3)c3nccnc3n2)c2cc3c(cc21)c1ccccc1n3-c1nc(-c2ccccc2)c2nccnc2n1.CC1(C)c2ccccc2Nc2cc3[nH]c4ccccc4c3cc21.Clc1nc(-c2ccccc2)c2nccnc2n1.Clc1nc(I)c2nccnc2n1.OB(O)c1ccccc1. The van der Waals surface area contributed by atoms with E-state index in [4.69, 9.17) is 53.2 Å². The molecule has 20 aromatic rings. The molecule has 26 heteroatoms. The number of fused-ring (bicyclic) bond motifs is 14. The first-order chi connectivity index (χ1) is 56.6. The van der Waals surface area contributed by atoms with Gasteiger partial charge in [0, 0.05) is 121 Å². The molecule has 0 aliphatic carbocycles. The quantitative estimate of drug-likeness (QED) is 0.0521. The van der Waals surface area contributed by atoms with Gasteiger partial charge in [0.1, 0.15) is 42.8 Å². The minimum atomic E-state index is -1.34. The lowest BCUT2D eigenvalue weighted by Gasteiger charge is -2.41. The molecule has 10 aromatic carbocycles. The highest BCUT2D eigenvalue weighted by Crippen LogP contribution is 2.54. The van der Waals surface area contributed by atoms with Crippen molar-refractivity contribution in [1.29, 1.82) is 0 Å². The van der Waals surface area contributed by atoms with Crippen molar-refractivity contribution in [3.63, 3.8) is 0 Å². The number of hydrogen-bond acceptors (Lipinski definition) is 20. The number of aromatic amines is 1. The maximum atomic E-state index is 8.58. The molecule has 22 nitrogen and oxygen atoms in total. The van der Waals surface area contributed by atoms with Crippen LogP contribution < -0.4 is 15.7 Å². The van der Waals surface area contributed by atoms with E-state index in [1.54, 1.807) is 73.8 Å². The summed E-state index contributed by atoms with van der Waals surface area (Å²) in [5.41, 5.74) is 23.5. The molecule has 0 spiro atoms. The topological polar surface area (TPSA) is 283 Å². The fourth-order valence-corrected chi connectivity index (χ4v) is 16.2. The molecule has 0 amide bonds. The Balaban J connectivity index is 0.000000123. The largest absolute Gasteiger partial charge is 0.488 e. The Bertz CT molecular complexity index is 7140. The first kappa shape index (κ1) is 73.8. The molecule has 0 radical (unpaired) electrons. The van der Waals surface area contributed by atoms with Crippen LogP contribution in [-0.2, 0) is 10.8 Å². The molecule has 560 valence electrons. The molecule has 4 N–H and O–H groups in total. The van der Waals surface area contributed by atoms with Gasteiger partial charge in [0.15, 0.2) is 22.6 Å². The van der Waals surface area contributed by atoms with Gasteiger partial charge in [0.25, 0.3) is 0 Å². The standard InChI is InChI=1S/C45H30N10.C21H18N2.C12H7ClN4.C6H7BO2.C6H2ClIN4/c1-45(2)31-18-10-12-20-34(31)55(44-51-38(28-15-7-4-8-16-28)40-42(53-44)49-24-22-47-40)36-26-35-30(25-32(36)45)29-17-9-11-19-33(29)54(35)43-50-37(27-13-5-3-6-14-27)39-41(52-43)48-23-21-46-39;1-21(2)15-8-4-6-10-18(15)23-20-12-19-14(11-16(20)21)13-7-3-5-9-17(13)22-19;13-12-16-9(8-4-2-1-3-5-8)10-11(17-12)15-7-6-14-10;8-7(9)6-4-2-1-3-5-6;7-6-11-4(8)3-5(12-6)10-2-1-9-3/h3-26H,1-2H3;3-12,22-23H,1-2H3;1-7H;1-5,8-9H;1-2H.